The van der Waals surface area contributed by atoms with Gasteiger partial charge in [-0.25, -0.2) is 4.98 Å². The fourth-order valence-corrected chi connectivity index (χ4v) is 3.65. The second-order valence-electron chi connectivity index (χ2n) is 6.12. The van der Waals surface area contributed by atoms with Gasteiger partial charge in [-0.15, -0.1) is 10.2 Å². The van der Waals surface area contributed by atoms with Crippen LogP contribution in [0.15, 0.2) is 64.3 Å². The van der Waals surface area contributed by atoms with Crippen LogP contribution in [0, 0.1) is 0 Å². The molecule has 4 aromatic rings. The Balaban J connectivity index is 1.36. The van der Waals surface area contributed by atoms with Crippen LogP contribution in [0.3, 0.4) is 0 Å². The zero-order chi connectivity index (χ0) is 20.2. The second kappa shape index (κ2) is 8.90. The molecule has 0 saturated heterocycles. The summed E-state index contributed by atoms with van der Waals surface area (Å²) in [5, 5.41) is 10.5. The van der Waals surface area contributed by atoms with Crippen molar-refractivity contribution in [1.29, 1.82) is 0 Å². The number of hydrogen-bond donors (Lipinski definition) is 0. The van der Waals surface area contributed by atoms with Gasteiger partial charge in [-0.1, -0.05) is 47.1 Å². The number of ether oxygens (including phenoxy) is 1. The Hall–Kier alpha value is -2.48. The van der Waals surface area contributed by atoms with Gasteiger partial charge in [0.05, 0.1) is 11.9 Å². The van der Waals surface area contributed by atoms with Gasteiger partial charge >= 0.3 is 0 Å². The minimum atomic E-state index is 0.309. The van der Waals surface area contributed by atoms with E-state index >= 15 is 0 Å². The molecule has 2 aromatic heterocycles. The molecule has 0 spiro atoms. The number of halogens is 2. The Morgan fingerprint density at radius 1 is 1.07 bits per heavy atom. The summed E-state index contributed by atoms with van der Waals surface area (Å²) in [6, 6.07) is 14.7. The molecule has 148 valence electrons. The molecule has 0 fully saturated rings. The molecule has 0 unspecified atom stereocenters. The third-order valence-electron chi connectivity index (χ3n) is 4.09. The molecule has 0 N–H and O–H groups in total. The zero-order valence-electron chi connectivity index (χ0n) is 15.4. The summed E-state index contributed by atoms with van der Waals surface area (Å²) in [4.78, 5) is 4.33. The molecule has 0 radical (unpaired) electrons. The third-order valence-corrected chi connectivity index (χ3v) is 5.59. The molecule has 0 bridgehead atoms. The lowest BCUT2D eigenvalue weighted by atomic mass is 10.2. The fourth-order valence-electron chi connectivity index (χ4n) is 2.55. The molecule has 0 amide bonds. The quantitative estimate of drug-likeness (QED) is 0.341. The van der Waals surface area contributed by atoms with E-state index in [0.29, 0.717) is 34.1 Å². The predicted molar refractivity (Wildman–Crippen MR) is 113 cm³/mol. The first kappa shape index (κ1) is 19.8. The van der Waals surface area contributed by atoms with Gasteiger partial charge in [0.15, 0.2) is 16.7 Å². The number of benzene rings is 2. The Labute approximate surface area is 181 Å². The van der Waals surface area contributed by atoms with Crippen molar-refractivity contribution >= 4 is 35.0 Å². The summed E-state index contributed by atoms with van der Waals surface area (Å²) in [6.07, 6.45) is 1.70. The highest BCUT2D eigenvalue weighted by Gasteiger charge is 2.13. The summed E-state index contributed by atoms with van der Waals surface area (Å²) >= 11 is 13.4. The van der Waals surface area contributed by atoms with Crippen LogP contribution in [0.25, 0.3) is 11.3 Å². The standard InChI is InChI=1S/C20H16Cl2N4O2S/c1-26-18(11-27-16-7-5-14(21)6-8-16)24-25-20(26)29-12-19-23-10-17(28-19)13-3-2-4-15(22)9-13/h2-10H,11-12H2,1H3. The number of aromatic nitrogens is 4. The molecule has 6 nitrogen and oxygen atoms in total. The molecule has 0 aliphatic heterocycles. The van der Waals surface area contributed by atoms with E-state index in [4.69, 9.17) is 32.4 Å². The number of thioether (sulfide) groups is 1. The van der Waals surface area contributed by atoms with Crippen LogP contribution in [0.1, 0.15) is 11.7 Å². The van der Waals surface area contributed by atoms with Crippen molar-refractivity contribution in [2.24, 2.45) is 7.05 Å². The third kappa shape index (κ3) is 4.93. The average molecular weight is 447 g/mol. The Kier molecular flexibility index (Phi) is 6.08. The van der Waals surface area contributed by atoms with Gasteiger partial charge in [-0.3, -0.25) is 0 Å². The summed E-state index contributed by atoms with van der Waals surface area (Å²) < 4.78 is 13.4. The minimum Gasteiger partial charge on any atom is -0.486 e. The second-order valence-corrected chi connectivity index (χ2v) is 7.93. The smallest absolute Gasteiger partial charge is 0.205 e. The average Bonchev–Trinajstić information content (AvgIpc) is 3.33. The van der Waals surface area contributed by atoms with Crippen molar-refractivity contribution in [2.45, 2.75) is 17.5 Å². The van der Waals surface area contributed by atoms with Gasteiger partial charge in [0.2, 0.25) is 5.89 Å². The summed E-state index contributed by atoms with van der Waals surface area (Å²) in [5.41, 5.74) is 0.890. The first-order valence-electron chi connectivity index (χ1n) is 8.68. The lowest BCUT2D eigenvalue weighted by Crippen LogP contribution is -2.04. The van der Waals surface area contributed by atoms with Gasteiger partial charge < -0.3 is 13.7 Å². The minimum absolute atomic E-state index is 0.309. The van der Waals surface area contributed by atoms with Crippen LogP contribution in [0.5, 0.6) is 5.75 Å². The predicted octanol–water partition coefficient (Wildman–Crippen LogP) is 5.65. The highest BCUT2D eigenvalue weighted by Crippen LogP contribution is 2.27. The molecule has 0 aliphatic rings. The molecule has 29 heavy (non-hydrogen) atoms. The highest BCUT2D eigenvalue weighted by molar-refractivity contribution is 7.98. The lowest BCUT2D eigenvalue weighted by Gasteiger charge is -2.06. The lowest BCUT2D eigenvalue weighted by molar-refractivity contribution is 0.290. The van der Waals surface area contributed by atoms with Crippen molar-refractivity contribution in [2.75, 3.05) is 0 Å². The normalized spacial score (nSPS) is 11.0. The van der Waals surface area contributed by atoms with Crippen molar-refractivity contribution in [3.63, 3.8) is 0 Å². The number of rotatable bonds is 7. The Morgan fingerprint density at radius 2 is 1.90 bits per heavy atom. The van der Waals surface area contributed by atoms with Crippen LogP contribution in [-0.4, -0.2) is 19.7 Å². The van der Waals surface area contributed by atoms with Crippen molar-refractivity contribution in [3.05, 3.63) is 76.5 Å². The van der Waals surface area contributed by atoms with E-state index in [1.807, 2.05) is 48.0 Å². The van der Waals surface area contributed by atoms with E-state index in [9.17, 15) is 0 Å². The largest absolute Gasteiger partial charge is 0.486 e. The van der Waals surface area contributed by atoms with Crippen LogP contribution >= 0.6 is 35.0 Å². The van der Waals surface area contributed by atoms with Crippen LogP contribution in [0.4, 0.5) is 0 Å². The van der Waals surface area contributed by atoms with Crippen molar-refractivity contribution in [1.82, 2.24) is 19.7 Å². The molecule has 0 aliphatic carbocycles. The first-order chi connectivity index (χ1) is 14.1. The topological polar surface area (TPSA) is 66.0 Å². The molecular formula is C20H16Cl2N4O2S. The maximum Gasteiger partial charge on any atom is 0.205 e. The molecular weight excluding hydrogens is 431 g/mol. The summed E-state index contributed by atoms with van der Waals surface area (Å²) in [6.45, 7) is 0.309. The van der Waals surface area contributed by atoms with E-state index in [1.165, 1.54) is 11.8 Å². The van der Waals surface area contributed by atoms with E-state index in [-0.39, 0.29) is 0 Å². The van der Waals surface area contributed by atoms with Crippen LogP contribution < -0.4 is 4.74 Å². The van der Waals surface area contributed by atoms with E-state index in [2.05, 4.69) is 15.2 Å². The SMILES string of the molecule is Cn1c(COc2ccc(Cl)cc2)nnc1SCc1ncc(-c2cccc(Cl)c2)o1. The van der Waals surface area contributed by atoms with Crippen molar-refractivity contribution in [3.8, 4) is 17.1 Å². The Morgan fingerprint density at radius 3 is 2.69 bits per heavy atom. The molecule has 2 aromatic carbocycles. The number of hydrogen-bond acceptors (Lipinski definition) is 6. The molecule has 0 saturated carbocycles. The molecule has 0 atom stereocenters. The van der Waals surface area contributed by atoms with Gasteiger partial charge in [0.25, 0.3) is 0 Å². The van der Waals surface area contributed by atoms with Gasteiger partial charge in [0.1, 0.15) is 12.4 Å². The van der Waals surface area contributed by atoms with Gasteiger partial charge in [-0.05, 0) is 36.4 Å². The van der Waals surface area contributed by atoms with E-state index in [0.717, 1.165) is 22.3 Å². The van der Waals surface area contributed by atoms with Crippen LogP contribution in [-0.2, 0) is 19.4 Å². The fraction of sp³-hybridized carbons (Fsp3) is 0.150. The molecule has 4 rings (SSSR count). The summed E-state index contributed by atoms with van der Waals surface area (Å²) in [7, 11) is 1.90. The summed E-state index contributed by atoms with van der Waals surface area (Å²) in [5.74, 6) is 3.25. The first-order valence-corrected chi connectivity index (χ1v) is 10.4. The van der Waals surface area contributed by atoms with E-state index < -0.39 is 0 Å². The monoisotopic (exact) mass is 446 g/mol. The number of nitrogens with zero attached hydrogens (tertiary/aromatic N) is 4. The molecule has 2 heterocycles. The maximum atomic E-state index is 6.03. The number of oxazole rings is 1. The van der Waals surface area contributed by atoms with Crippen molar-refractivity contribution < 1.29 is 9.15 Å². The highest BCUT2D eigenvalue weighted by atomic mass is 35.5. The zero-order valence-corrected chi connectivity index (χ0v) is 17.7. The molecule has 9 heteroatoms. The van der Waals surface area contributed by atoms with Gasteiger partial charge in [0, 0.05) is 22.7 Å². The van der Waals surface area contributed by atoms with Crippen LogP contribution in [0.2, 0.25) is 10.0 Å². The van der Waals surface area contributed by atoms with Gasteiger partial charge in [-0.2, -0.15) is 0 Å². The Bertz CT molecular complexity index is 1110. The maximum absolute atomic E-state index is 6.03. The van der Waals surface area contributed by atoms with E-state index in [1.54, 1.807) is 18.3 Å².